The number of hydrogen-bond donors (Lipinski definition) is 0. The summed E-state index contributed by atoms with van der Waals surface area (Å²) in [5.74, 6) is 0.560. The van der Waals surface area contributed by atoms with E-state index in [-0.39, 0.29) is 30.2 Å². The normalized spacial score (nSPS) is 14.1. The van der Waals surface area contributed by atoms with Gasteiger partial charge in [-0.3, -0.25) is 6.08 Å². The van der Waals surface area contributed by atoms with E-state index in [1.807, 2.05) is 0 Å². The van der Waals surface area contributed by atoms with Crippen molar-refractivity contribution in [1.82, 2.24) is 0 Å². The zero-order valence-corrected chi connectivity index (χ0v) is 26.7. The van der Waals surface area contributed by atoms with Gasteiger partial charge >= 0.3 is 41.9 Å². The number of benzene rings is 2. The minimum atomic E-state index is 0. The summed E-state index contributed by atoms with van der Waals surface area (Å²) in [6.45, 7) is 15.5. The van der Waals surface area contributed by atoms with Crippen molar-refractivity contribution < 1.29 is 48.1 Å². The number of rotatable bonds is 4. The molecule has 34 heavy (non-hydrogen) atoms. The second-order valence-electron chi connectivity index (χ2n) is 8.93. The van der Waals surface area contributed by atoms with Gasteiger partial charge in [-0.2, -0.15) is 11.1 Å². The number of allylic oxidation sites excluding steroid dienone is 4. The summed E-state index contributed by atoms with van der Waals surface area (Å²) in [6.07, 6.45) is 7.09. The molecular formula is C30H38Cl2SiZr-2. The van der Waals surface area contributed by atoms with Crippen LogP contribution in [0.5, 0.6) is 0 Å². The van der Waals surface area contributed by atoms with Crippen LogP contribution in [0.3, 0.4) is 0 Å². The van der Waals surface area contributed by atoms with E-state index in [4.69, 9.17) is 0 Å². The Kier molecular flexibility index (Phi) is 16.4. The molecule has 0 amide bonds. The van der Waals surface area contributed by atoms with Crippen molar-refractivity contribution in [3.8, 4) is 11.1 Å². The molecule has 0 bridgehead atoms. The minimum absolute atomic E-state index is 0. The number of aryl methyl sites for hydroxylation is 1. The third kappa shape index (κ3) is 10.1. The van der Waals surface area contributed by atoms with E-state index < -0.39 is 0 Å². The number of fused-ring (bicyclic) bond motifs is 1. The average molecular weight is 589 g/mol. The van der Waals surface area contributed by atoms with Crippen molar-refractivity contribution >= 4 is 16.2 Å². The molecule has 0 spiro atoms. The Morgan fingerprint density at radius 3 is 2.03 bits per heavy atom. The first-order valence-corrected chi connectivity index (χ1v) is 18.0. The van der Waals surface area contributed by atoms with Gasteiger partial charge < -0.3 is 24.8 Å². The third-order valence-electron chi connectivity index (χ3n) is 6.00. The van der Waals surface area contributed by atoms with Crippen LogP contribution in [0.1, 0.15) is 53.0 Å². The van der Waals surface area contributed by atoms with Crippen molar-refractivity contribution in [2.75, 3.05) is 0 Å². The largest absolute Gasteiger partial charge is 1.00 e. The first-order chi connectivity index (χ1) is 15.2. The van der Waals surface area contributed by atoms with Crippen molar-refractivity contribution in [2.45, 2.75) is 67.0 Å². The van der Waals surface area contributed by atoms with Crippen LogP contribution < -0.4 is 24.8 Å². The Morgan fingerprint density at radius 2 is 1.56 bits per heavy atom. The number of hydrogen-bond acceptors (Lipinski definition) is 0. The standard InChI is InChI=1S/C19H19.C9H13.C2H6Si.2ClH.Zr/c1-2-3-6-15-9-11-17(12-10-15)19-14-13-16-7-4-5-8-18(16)19;1-6-5-7(2)9(4)8(6)3;1-3-2;;;/h4-5,7-14H,2-3,6H2,1H3;6H,1-4H3;1-2H3;2*1H;/q2*-1;;;;+2/p-2. The van der Waals surface area contributed by atoms with Gasteiger partial charge in [-0.05, 0) is 18.4 Å². The fourth-order valence-corrected chi connectivity index (χ4v) is 3.80. The molecule has 0 aliphatic heterocycles. The Hall–Kier alpha value is -0.790. The Bertz CT molecular complexity index is 1090. The molecule has 0 aromatic heterocycles. The van der Waals surface area contributed by atoms with Gasteiger partial charge in [0.2, 0.25) is 0 Å². The van der Waals surface area contributed by atoms with E-state index in [1.165, 1.54) is 63.4 Å². The summed E-state index contributed by atoms with van der Waals surface area (Å²) in [7, 11) is 0. The Labute approximate surface area is 235 Å². The van der Waals surface area contributed by atoms with Crippen LogP contribution in [-0.2, 0) is 29.8 Å². The zero-order valence-electron chi connectivity index (χ0n) is 21.7. The SMILES string of the molecule is CC1=[C-]C(C)C(C)=C1C.CCCCc1ccc(-c2c[cH-]c3ccccc23)cc1.C[Si](C)=[Zr+2].[Cl-].[Cl-]. The van der Waals surface area contributed by atoms with Gasteiger partial charge in [-0.1, -0.05) is 75.9 Å². The van der Waals surface area contributed by atoms with Gasteiger partial charge in [0.25, 0.3) is 0 Å². The smallest absolute Gasteiger partial charge is 1.00 e. The maximum atomic E-state index is 3.36. The molecule has 4 rings (SSSR count). The zero-order chi connectivity index (χ0) is 23.7. The maximum Gasteiger partial charge on any atom is -1.00 e. The van der Waals surface area contributed by atoms with Gasteiger partial charge in [0.15, 0.2) is 0 Å². The van der Waals surface area contributed by atoms with Crippen molar-refractivity contribution in [1.29, 1.82) is 0 Å². The van der Waals surface area contributed by atoms with Gasteiger partial charge in [0.1, 0.15) is 0 Å². The van der Waals surface area contributed by atoms with Gasteiger partial charge in [-0.25, -0.2) is 5.57 Å². The van der Waals surface area contributed by atoms with E-state index in [2.05, 4.69) is 114 Å². The second-order valence-corrected chi connectivity index (χ2v) is 18.3. The molecule has 0 saturated carbocycles. The molecule has 3 aromatic carbocycles. The number of unbranched alkanes of at least 4 members (excludes halogenated alkanes) is 1. The van der Waals surface area contributed by atoms with Crippen LogP contribution in [0.2, 0.25) is 13.1 Å². The molecule has 0 N–H and O–H groups in total. The van der Waals surface area contributed by atoms with Crippen molar-refractivity contribution in [3.05, 3.63) is 89.0 Å². The van der Waals surface area contributed by atoms with Gasteiger partial charge in [0, 0.05) is 0 Å². The van der Waals surface area contributed by atoms with Crippen LogP contribution in [0.15, 0.2) is 77.4 Å². The Morgan fingerprint density at radius 1 is 0.971 bits per heavy atom. The van der Waals surface area contributed by atoms with E-state index in [9.17, 15) is 0 Å². The molecule has 0 fully saturated rings. The van der Waals surface area contributed by atoms with Crippen LogP contribution in [0, 0.1) is 12.0 Å². The van der Waals surface area contributed by atoms with Gasteiger partial charge in [-0.15, -0.1) is 53.6 Å². The summed E-state index contributed by atoms with van der Waals surface area (Å²) >= 11 is 1.74. The van der Waals surface area contributed by atoms with E-state index >= 15 is 0 Å². The van der Waals surface area contributed by atoms with Crippen molar-refractivity contribution in [3.63, 3.8) is 0 Å². The van der Waals surface area contributed by atoms with Gasteiger partial charge in [0.05, 0.1) is 0 Å². The summed E-state index contributed by atoms with van der Waals surface area (Å²) in [6, 6.07) is 22.1. The van der Waals surface area contributed by atoms with E-state index in [0.29, 0.717) is 5.92 Å². The van der Waals surface area contributed by atoms with Crippen LogP contribution in [0.25, 0.3) is 21.9 Å². The molecule has 0 nitrogen and oxygen atoms in total. The molecule has 1 aliphatic carbocycles. The first-order valence-electron chi connectivity index (χ1n) is 11.8. The molecule has 0 heterocycles. The summed E-state index contributed by atoms with van der Waals surface area (Å²) in [5.41, 5.74) is 8.57. The summed E-state index contributed by atoms with van der Waals surface area (Å²) < 4.78 is 0. The van der Waals surface area contributed by atoms with Crippen LogP contribution in [0.4, 0.5) is 0 Å². The number of halogens is 2. The van der Waals surface area contributed by atoms with E-state index in [0.717, 1.165) is 0 Å². The second kappa shape index (κ2) is 16.8. The fraction of sp³-hybridized carbons (Fsp3) is 0.367. The molecule has 3 aromatic rings. The molecule has 0 saturated heterocycles. The molecule has 1 unspecified atom stereocenters. The molecule has 182 valence electrons. The maximum absolute atomic E-state index is 3.36. The molecule has 4 heteroatoms. The first kappa shape index (κ1) is 33.2. The quantitative estimate of drug-likeness (QED) is 0.325. The fourth-order valence-electron chi connectivity index (χ4n) is 3.80. The topological polar surface area (TPSA) is 0 Å². The van der Waals surface area contributed by atoms with Crippen LogP contribution in [-0.4, -0.2) is 5.43 Å². The molecule has 0 radical (unpaired) electrons. The monoisotopic (exact) mass is 586 g/mol. The summed E-state index contributed by atoms with van der Waals surface area (Å²) in [4.78, 5) is 0. The van der Waals surface area contributed by atoms with E-state index in [1.54, 1.807) is 23.3 Å². The van der Waals surface area contributed by atoms with Crippen LogP contribution >= 0.6 is 0 Å². The molecule has 1 atom stereocenters. The third-order valence-corrected chi connectivity index (χ3v) is 6.00. The minimum Gasteiger partial charge on any atom is -1.00 e. The van der Waals surface area contributed by atoms with Crippen molar-refractivity contribution in [2.24, 2.45) is 5.92 Å². The Balaban J connectivity index is 0.000000614. The average Bonchev–Trinajstić information content (AvgIpc) is 3.29. The molecule has 1 aliphatic rings. The predicted molar refractivity (Wildman–Crippen MR) is 141 cm³/mol. The molecular weight excluding hydrogens is 551 g/mol. The summed E-state index contributed by atoms with van der Waals surface area (Å²) in [5, 5.41) is 2.68. The predicted octanol–water partition coefficient (Wildman–Crippen LogP) is 3.08.